The van der Waals surface area contributed by atoms with Gasteiger partial charge < -0.3 is 4.74 Å². The van der Waals surface area contributed by atoms with Gasteiger partial charge in [0.25, 0.3) is 0 Å². The first-order valence-electron chi connectivity index (χ1n) is 8.20. The van der Waals surface area contributed by atoms with Crippen LogP contribution >= 0.6 is 12.6 Å². The van der Waals surface area contributed by atoms with Crippen molar-refractivity contribution in [3.05, 3.63) is 60.2 Å². The predicted molar refractivity (Wildman–Crippen MR) is 105 cm³/mol. The summed E-state index contributed by atoms with van der Waals surface area (Å²) in [5.41, 5.74) is 0.951. The van der Waals surface area contributed by atoms with Crippen LogP contribution in [0.25, 0.3) is 0 Å². The summed E-state index contributed by atoms with van der Waals surface area (Å²) in [6.07, 6.45) is 0. The van der Waals surface area contributed by atoms with Crippen molar-refractivity contribution in [3.63, 3.8) is 0 Å². The molecule has 136 valence electrons. The zero-order valence-electron chi connectivity index (χ0n) is 14.8. The van der Waals surface area contributed by atoms with Crippen molar-refractivity contribution in [1.29, 1.82) is 0 Å². The first kappa shape index (κ1) is 19.8. The Morgan fingerprint density at radius 2 is 1.64 bits per heavy atom. The van der Waals surface area contributed by atoms with Crippen LogP contribution in [0, 0.1) is 5.92 Å². The molecule has 0 spiro atoms. The van der Waals surface area contributed by atoms with E-state index in [-0.39, 0.29) is 16.9 Å². The van der Waals surface area contributed by atoms with E-state index in [2.05, 4.69) is 12.6 Å². The van der Waals surface area contributed by atoms with E-state index in [1.807, 2.05) is 44.2 Å². The zero-order chi connectivity index (χ0) is 18.4. The minimum atomic E-state index is -3.65. The van der Waals surface area contributed by atoms with Crippen molar-refractivity contribution in [2.45, 2.75) is 31.3 Å². The van der Waals surface area contributed by atoms with Gasteiger partial charge in [0.1, 0.15) is 5.75 Å². The van der Waals surface area contributed by atoms with Crippen molar-refractivity contribution in [2.24, 2.45) is 5.92 Å². The lowest BCUT2D eigenvalue weighted by Gasteiger charge is -2.32. The fraction of sp³-hybridized carbons (Fsp3) is 0.368. The van der Waals surface area contributed by atoms with Gasteiger partial charge in [-0.2, -0.15) is 16.9 Å². The number of methoxy groups -OCH3 is 1. The summed E-state index contributed by atoms with van der Waals surface area (Å²) in [5, 5.41) is 0. The van der Waals surface area contributed by atoms with E-state index >= 15 is 0 Å². The molecule has 0 saturated heterocycles. The molecular weight excluding hydrogens is 354 g/mol. The maximum absolute atomic E-state index is 13.3. The Hall–Kier alpha value is -1.50. The van der Waals surface area contributed by atoms with Gasteiger partial charge in [0.15, 0.2) is 0 Å². The lowest BCUT2D eigenvalue weighted by molar-refractivity contribution is 0.275. The molecule has 0 aliphatic carbocycles. The highest BCUT2D eigenvalue weighted by molar-refractivity contribution is 7.89. The molecule has 0 fully saturated rings. The molecule has 2 rings (SSSR count). The standard InChI is InChI=1S/C19H25NO3S2/c1-15(2)19(14-24)20(13-16-7-5-4-6-8-16)25(21,22)18-11-9-17(23-3)10-12-18/h4-12,15,19,24H,13-14H2,1-3H3/t19-/m1/s1. The van der Waals surface area contributed by atoms with Crippen molar-refractivity contribution >= 4 is 22.7 Å². The predicted octanol–water partition coefficient (Wildman–Crippen LogP) is 3.84. The van der Waals surface area contributed by atoms with E-state index in [1.54, 1.807) is 35.7 Å². The fourth-order valence-electron chi connectivity index (χ4n) is 2.66. The molecule has 0 bridgehead atoms. The summed E-state index contributed by atoms with van der Waals surface area (Å²) in [7, 11) is -2.10. The van der Waals surface area contributed by atoms with E-state index in [0.717, 1.165) is 5.56 Å². The Morgan fingerprint density at radius 1 is 1.04 bits per heavy atom. The SMILES string of the molecule is COc1ccc(S(=O)(=O)N(Cc2ccccc2)[C@H](CS)C(C)C)cc1. The van der Waals surface area contributed by atoms with Crippen LogP contribution in [-0.4, -0.2) is 31.6 Å². The molecule has 0 saturated carbocycles. The first-order chi connectivity index (χ1) is 11.9. The number of rotatable bonds is 8. The van der Waals surface area contributed by atoms with Gasteiger partial charge in [0.05, 0.1) is 12.0 Å². The van der Waals surface area contributed by atoms with Crippen LogP contribution < -0.4 is 4.74 Å². The van der Waals surface area contributed by atoms with Crippen LogP contribution in [0.5, 0.6) is 5.75 Å². The van der Waals surface area contributed by atoms with Crippen LogP contribution in [0.15, 0.2) is 59.5 Å². The van der Waals surface area contributed by atoms with Gasteiger partial charge in [-0.1, -0.05) is 44.2 Å². The molecule has 0 aliphatic rings. The molecule has 4 nitrogen and oxygen atoms in total. The summed E-state index contributed by atoms with van der Waals surface area (Å²) < 4.78 is 33.3. The number of ether oxygens (including phenoxy) is 1. The number of thiol groups is 1. The molecule has 2 aromatic rings. The lowest BCUT2D eigenvalue weighted by Crippen LogP contribution is -2.44. The fourth-order valence-corrected chi connectivity index (χ4v) is 5.13. The van der Waals surface area contributed by atoms with Crippen molar-refractivity contribution in [1.82, 2.24) is 4.31 Å². The Bertz CT molecular complexity index is 759. The molecule has 0 heterocycles. The average molecular weight is 380 g/mol. The quantitative estimate of drug-likeness (QED) is 0.709. The zero-order valence-corrected chi connectivity index (χ0v) is 16.5. The highest BCUT2D eigenvalue weighted by Gasteiger charge is 2.32. The largest absolute Gasteiger partial charge is 0.497 e. The molecule has 1 atom stereocenters. The Labute approximate surface area is 156 Å². The molecule has 0 aromatic heterocycles. The molecule has 0 unspecified atom stereocenters. The van der Waals surface area contributed by atoms with Crippen LogP contribution in [0.2, 0.25) is 0 Å². The van der Waals surface area contributed by atoms with Gasteiger partial charge in [-0.3, -0.25) is 0 Å². The highest BCUT2D eigenvalue weighted by atomic mass is 32.2. The molecule has 6 heteroatoms. The lowest BCUT2D eigenvalue weighted by atomic mass is 10.1. The Morgan fingerprint density at radius 3 is 2.12 bits per heavy atom. The maximum Gasteiger partial charge on any atom is 0.243 e. The second kappa shape index (κ2) is 8.74. The molecule has 0 radical (unpaired) electrons. The third-order valence-electron chi connectivity index (χ3n) is 4.17. The second-order valence-electron chi connectivity index (χ2n) is 6.21. The minimum Gasteiger partial charge on any atom is -0.497 e. The van der Waals surface area contributed by atoms with Crippen LogP contribution in [0.4, 0.5) is 0 Å². The first-order valence-corrected chi connectivity index (χ1v) is 10.3. The topological polar surface area (TPSA) is 46.6 Å². The van der Waals surface area contributed by atoms with Crippen LogP contribution in [-0.2, 0) is 16.6 Å². The molecular formula is C19H25NO3S2. The Balaban J connectivity index is 2.44. The van der Waals surface area contributed by atoms with Gasteiger partial charge in [-0.25, -0.2) is 8.42 Å². The number of sulfonamides is 1. The number of nitrogens with zero attached hydrogens (tertiary/aromatic N) is 1. The van der Waals surface area contributed by atoms with E-state index < -0.39 is 10.0 Å². The Kier molecular flexibility index (Phi) is 6.93. The van der Waals surface area contributed by atoms with Gasteiger partial charge in [-0.15, -0.1) is 0 Å². The van der Waals surface area contributed by atoms with Crippen molar-refractivity contribution in [2.75, 3.05) is 12.9 Å². The van der Waals surface area contributed by atoms with Crippen molar-refractivity contribution < 1.29 is 13.2 Å². The van der Waals surface area contributed by atoms with Gasteiger partial charge in [0.2, 0.25) is 10.0 Å². The van der Waals surface area contributed by atoms with Crippen molar-refractivity contribution in [3.8, 4) is 5.75 Å². The summed E-state index contributed by atoms with van der Waals surface area (Å²) >= 11 is 4.41. The van der Waals surface area contributed by atoms with Gasteiger partial charge in [0, 0.05) is 18.3 Å². The minimum absolute atomic E-state index is 0.147. The summed E-state index contributed by atoms with van der Waals surface area (Å²) in [6, 6.07) is 15.9. The number of hydrogen-bond donors (Lipinski definition) is 1. The maximum atomic E-state index is 13.3. The third-order valence-corrected chi connectivity index (χ3v) is 6.43. The molecule has 25 heavy (non-hydrogen) atoms. The molecule has 0 amide bonds. The molecule has 0 aliphatic heterocycles. The summed E-state index contributed by atoms with van der Waals surface area (Å²) in [6.45, 7) is 4.35. The van der Waals surface area contributed by atoms with Gasteiger partial charge in [-0.05, 0) is 35.7 Å². The third kappa shape index (κ3) is 4.77. The summed E-state index contributed by atoms with van der Waals surface area (Å²) in [4.78, 5) is 0.261. The van der Waals surface area contributed by atoms with E-state index in [0.29, 0.717) is 18.0 Å². The smallest absolute Gasteiger partial charge is 0.243 e. The van der Waals surface area contributed by atoms with Crippen LogP contribution in [0.3, 0.4) is 0 Å². The number of hydrogen-bond acceptors (Lipinski definition) is 4. The van der Waals surface area contributed by atoms with Gasteiger partial charge >= 0.3 is 0 Å². The molecule has 0 N–H and O–H groups in total. The highest BCUT2D eigenvalue weighted by Crippen LogP contribution is 2.26. The monoisotopic (exact) mass is 379 g/mol. The molecule has 2 aromatic carbocycles. The number of benzene rings is 2. The van der Waals surface area contributed by atoms with E-state index in [9.17, 15) is 8.42 Å². The summed E-state index contributed by atoms with van der Waals surface area (Å²) in [5.74, 6) is 1.23. The van der Waals surface area contributed by atoms with E-state index in [4.69, 9.17) is 4.74 Å². The normalized spacial score (nSPS) is 13.2. The average Bonchev–Trinajstić information content (AvgIpc) is 2.62. The van der Waals surface area contributed by atoms with Crippen LogP contribution in [0.1, 0.15) is 19.4 Å². The van der Waals surface area contributed by atoms with E-state index in [1.165, 1.54) is 0 Å². The second-order valence-corrected chi connectivity index (χ2v) is 8.46.